The molecule has 1 aromatic carbocycles. The molecule has 0 unspecified atom stereocenters. The van der Waals surface area contributed by atoms with Gasteiger partial charge < -0.3 is 15.0 Å². The second-order valence-electron chi connectivity index (χ2n) is 4.81. The third kappa shape index (κ3) is 3.63. The number of nitrogens with one attached hydrogen (secondary N) is 1. The van der Waals surface area contributed by atoms with Crippen molar-refractivity contribution < 1.29 is 9.53 Å². The number of nitriles is 2. The summed E-state index contributed by atoms with van der Waals surface area (Å²) < 4.78 is 5.34. The third-order valence-electron chi connectivity index (χ3n) is 3.37. The van der Waals surface area contributed by atoms with E-state index in [1.807, 2.05) is 6.07 Å². The molecule has 2 rings (SSSR count). The number of rotatable bonds is 4. The van der Waals surface area contributed by atoms with E-state index in [1.54, 1.807) is 24.3 Å². The lowest BCUT2D eigenvalue weighted by Crippen LogP contribution is -2.36. The molecule has 22 heavy (non-hydrogen) atoms. The number of Topliss-reactive ketones (excluding diaryl/α,β-unsaturated/α-hetero) is 1. The van der Waals surface area contributed by atoms with E-state index in [9.17, 15) is 4.79 Å². The van der Waals surface area contributed by atoms with Crippen LogP contribution in [-0.4, -0.2) is 32.1 Å². The van der Waals surface area contributed by atoms with Crippen molar-refractivity contribution in [3.05, 3.63) is 35.5 Å². The minimum atomic E-state index is -0.0404. The number of nitrogens with zero attached hydrogens (tertiary/aromatic N) is 3. The van der Waals surface area contributed by atoms with Crippen molar-refractivity contribution in [1.29, 1.82) is 10.5 Å². The first kappa shape index (κ1) is 15.6. The number of ether oxygens (including phenoxy) is 1. The maximum absolute atomic E-state index is 11.6. The van der Waals surface area contributed by atoms with Crippen LogP contribution in [0.3, 0.4) is 0 Å². The molecule has 0 aliphatic carbocycles. The smallest absolute Gasteiger partial charge is 0.159 e. The molecule has 6 nitrogen and oxygen atoms in total. The number of anilines is 2. The Bertz CT molecular complexity index is 660. The first-order chi connectivity index (χ1) is 10.7. The fraction of sp³-hybridized carbons (Fsp3) is 0.312. The number of morpholine rings is 1. The van der Waals surface area contributed by atoms with Crippen LogP contribution in [0.15, 0.2) is 30.0 Å². The van der Waals surface area contributed by atoms with Crippen molar-refractivity contribution in [2.75, 3.05) is 36.5 Å². The van der Waals surface area contributed by atoms with Crippen molar-refractivity contribution >= 4 is 17.2 Å². The number of benzene rings is 1. The Hall–Kier alpha value is -2.83. The van der Waals surface area contributed by atoms with Crippen LogP contribution in [0.2, 0.25) is 0 Å². The Labute approximate surface area is 129 Å². The Balaban J connectivity index is 2.36. The van der Waals surface area contributed by atoms with Gasteiger partial charge in [-0.15, -0.1) is 0 Å². The quantitative estimate of drug-likeness (QED) is 0.676. The van der Waals surface area contributed by atoms with Crippen LogP contribution in [0.1, 0.15) is 17.3 Å². The molecule has 0 saturated carbocycles. The zero-order valence-corrected chi connectivity index (χ0v) is 12.3. The lowest BCUT2D eigenvalue weighted by molar-refractivity contribution is 0.101. The third-order valence-corrected chi connectivity index (χ3v) is 3.37. The molecule has 0 atom stereocenters. The summed E-state index contributed by atoms with van der Waals surface area (Å²) in [7, 11) is 0. The summed E-state index contributed by atoms with van der Waals surface area (Å²) in [5.41, 5.74) is 2.15. The summed E-state index contributed by atoms with van der Waals surface area (Å²) in [6.45, 7) is 4.29. The molecule has 0 radical (unpaired) electrons. The molecule has 1 aromatic rings. The van der Waals surface area contributed by atoms with Gasteiger partial charge in [0.25, 0.3) is 0 Å². The van der Waals surface area contributed by atoms with Gasteiger partial charge in [-0.25, -0.2) is 0 Å². The largest absolute Gasteiger partial charge is 0.378 e. The number of hydrogen-bond donors (Lipinski definition) is 1. The first-order valence-electron chi connectivity index (χ1n) is 6.90. The molecule has 6 heteroatoms. The molecular weight excluding hydrogens is 280 g/mol. The summed E-state index contributed by atoms with van der Waals surface area (Å²) in [6, 6.07) is 8.97. The van der Waals surface area contributed by atoms with E-state index in [1.165, 1.54) is 13.1 Å². The molecule has 1 fully saturated rings. The summed E-state index contributed by atoms with van der Waals surface area (Å²) in [4.78, 5) is 13.7. The Kier molecular flexibility index (Phi) is 5.13. The fourth-order valence-corrected chi connectivity index (χ4v) is 2.19. The first-order valence-corrected chi connectivity index (χ1v) is 6.90. The van der Waals surface area contributed by atoms with Crippen molar-refractivity contribution in [2.45, 2.75) is 6.92 Å². The highest BCUT2D eigenvalue weighted by Gasteiger charge is 2.15. The highest BCUT2D eigenvalue weighted by molar-refractivity contribution is 5.96. The van der Waals surface area contributed by atoms with Gasteiger partial charge in [0.15, 0.2) is 5.78 Å². The zero-order valence-electron chi connectivity index (χ0n) is 12.3. The maximum Gasteiger partial charge on any atom is 0.159 e. The van der Waals surface area contributed by atoms with Crippen LogP contribution in [0.4, 0.5) is 11.4 Å². The summed E-state index contributed by atoms with van der Waals surface area (Å²) in [6.07, 6.45) is 1.35. The monoisotopic (exact) mass is 296 g/mol. The zero-order chi connectivity index (χ0) is 15.9. The molecule has 1 saturated heterocycles. The highest BCUT2D eigenvalue weighted by Crippen LogP contribution is 2.28. The Morgan fingerprint density at radius 3 is 2.59 bits per heavy atom. The number of carbonyl (C=O) groups is 1. The predicted molar refractivity (Wildman–Crippen MR) is 82.4 cm³/mol. The fourth-order valence-electron chi connectivity index (χ4n) is 2.19. The number of carbonyl (C=O) groups excluding carboxylic acids is 1. The van der Waals surface area contributed by atoms with Crippen molar-refractivity contribution in [2.24, 2.45) is 0 Å². The average Bonchev–Trinajstić information content (AvgIpc) is 2.56. The molecule has 0 amide bonds. The molecule has 0 aromatic heterocycles. The van der Waals surface area contributed by atoms with Gasteiger partial charge in [-0.1, -0.05) is 0 Å². The molecule has 112 valence electrons. The average molecular weight is 296 g/mol. The van der Waals surface area contributed by atoms with Gasteiger partial charge in [-0.05, 0) is 25.1 Å². The van der Waals surface area contributed by atoms with Crippen LogP contribution in [0.5, 0.6) is 0 Å². The molecule has 1 aliphatic rings. The minimum absolute atomic E-state index is 0.0267. The van der Waals surface area contributed by atoms with E-state index >= 15 is 0 Å². The van der Waals surface area contributed by atoms with Crippen molar-refractivity contribution in [1.82, 2.24) is 0 Å². The van der Waals surface area contributed by atoms with Crippen molar-refractivity contribution in [3.8, 4) is 12.1 Å². The lowest BCUT2D eigenvalue weighted by Gasteiger charge is -2.30. The van der Waals surface area contributed by atoms with Gasteiger partial charge in [0.05, 0.1) is 24.6 Å². The van der Waals surface area contributed by atoms with Gasteiger partial charge in [-0.3, -0.25) is 4.79 Å². The van der Waals surface area contributed by atoms with Crippen molar-refractivity contribution in [3.63, 3.8) is 0 Å². The molecule has 1 heterocycles. The van der Waals surface area contributed by atoms with Crippen LogP contribution < -0.4 is 10.2 Å². The van der Waals surface area contributed by atoms with E-state index in [0.717, 1.165) is 18.8 Å². The van der Waals surface area contributed by atoms with Gasteiger partial charge in [0.2, 0.25) is 0 Å². The second kappa shape index (κ2) is 7.26. The molecule has 1 N–H and O–H groups in total. The Morgan fingerprint density at radius 1 is 1.32 bits per heavy atom. The number of ketones is 1. The molecule has 0 bridgehead atoms. The van der Waals surface area contributed by atoms with Gasteiger partial charge >= 0.3 is 0 Å². The SMILES string of the molecule is CC(=O)c1ccc(N2CCOCC2)c(NC=C(C#N)C#N)c1. The van der Waals surface area contributed by atoms with Crippen LogP contribution in [0.25, 0.3) is 0 Å². The van der Waals surface area contributed by atoms with Crippen LogP contribution >= 0.6 is 0 Å². The van der Waals surface area contributed by atoms with Gasteiger partial charge in [-0.2, -0.15) is 10.5 Å². The van der Waals surface area contributed by atoms with E-state index < -0.39 is 0 Å². The number of hydrogen-bond acceptors (Lipinski definition) is 6. The highest BCUT2D eigenvalue weighted by atomic mass is 16.5. The lowest BCUT2D eigenvalue weighted by atomic mass is 10.1. The molecule has 0 spiro atoms. The standard InChI is InChI=1S/C16H16N4O2/c1-12(21)14-2-3-16(20-4-6-22-7-5-20)15(8-14)19-11-13(9-17)10-18/h2-3,8,11,19H,4-7H2,1H3. The van der Waals surface area contributed by atoms with E-state index in [0.29, 0.717) is 24.5 Å². The maximum atomic E-state index is 11.6. The van der Waals surface area contributed by atoms with Gasteiger partial charge in [0, 0.05) is 24.9 Å². The second-order valence-corrected chi connectivity index (χ2v) is 4.81. The topological polar surface area (TPSA) is 89.2 Å². The van der Waals surface area contributed by atoms with Crippen LogP contribution in [0, 0.1) is 22.7 Å². The summed E-state index contributed by atoms with van der Waals surface area (Å²) in [5.74, 6) is -0.0404. The summed E-state index contributed by atoms with van der Waals surface area (Å²) >= 11 is 0. The van der Waals surface area contributed by atoms with E-state index in [-0.39, 0.29) is 11.4 Å². The molecule has 1 aliphatic heterocycles. The van der Waals surface area contributed by atoms with Crippen LogP contribution in [-0.2, 0) is 4.74 Å². The minimum Gasteiger partial charge on any atom is -0.378 e. The number of allylic oxidation sites excluding steroid dienone is 1. The Morgan fingerprint density at radius 2 is 2.00 bits per heavy atom. The van der Waals surface area contributed by atoms with E-state index in [2.05, 4.69) is 10.2 Å². The summed E-state index contributed by atoms with van der Waals surface area (Å²) in [5, 5.41) is 20.6. The van der Waals surface area contributed by atoms with Gasteiger partial charge in [0.1, 0.15) is 17.7 Å². The predicted octanol–water partition coefficient (Wildman–Crippen LogP) is 2.07. The molecular formula is C16H16N4O2. The van der Waals surface area contributed by atoms with E-state index in [4.69, 9.17) is 15.3 Å². The normalized spacial score (nSPS) is 13.7.